The number of carbonyl (C=O) groups excluding carboxylic acids is 3. The summed E-state index contributed by atoms with van der Waals surface area (Å²) < 4.78 is 11.0. The van der Waals surface area contributed by atoms with Gasteiger partial charge in [-0.1, -0.05) is 23.7 Å². The SMILES string of the molecule is CCOc1ccc(C(C)=O)cc1COC(=O)[C@@H]1CC(=O)N(c2ccccc2Cl)C1. The van der Waals surface area contributed by atoms with Crippen LogP contribution in [0.5, 0.6) is 5.75 Å². The summed E-state index contributed by atoms with van der Waals surface area (Å²) in [5.41, 5.74) is 1.71. The number of nitrogens with zero attached hydrogens (tertiary/aromatic N) is 1. The van der Waals surface area contributed by atoms with Crippen LogP contribution in [0.15, 0.2) is 42.5 Å². The van der Waals surface area contributed by atoms with Crippen molar-refractivity contribution in [3.63, 3.8) is 0 Å². The Hall–Kier alpha value is -2.86. The summed E-state index contributed by atoms with van der Waals surface area (Å²) in [7, 11) is 0. The lowest BCUT2D eigenvalue weighted by atomic mass is 10.1. The van der Waals surface area contributed by atoms with Gasteiger partial charge in [-0.15, -0.1) is 0 Å². The molecule has 3 rings (SSSR count). The van der Waals surface area contributed by atoms with Gasteiger partial charge in [-0.3, -0.25) is 14.4 Å². The molecule has 1 amide bonds. The van der Waals surface area contributed by atoms with Crippen LogP contribution < -0.4 is 9.64 Å². The first kappa shape index (κ1) is 20.9. The predicted molar refractivity (Wildman–Crippen MR) is 109 cm³/mol. The summed E-state index contributed by atoms with van der Waals surface area (Å²) in [6, 6.07) is 12.1. The van der Waals surface area contributed by atoms with Crippen molar-refractivity contribution in [1.29, 1.82) is 0 Å². The number of hydrogen-bond donors (Lipinski definition) is 0. The lowest BCUT2D eigenvalue weighted by Crippen LogP contribution is -2.26. The summed E-state index contributed by atoms with van der Waals surface area (Å²) in [5, 5.41) is 0.456. The van der Waals surface area contributed by atoms with Gasteiger partial charge in [0.2, 0.25) is 5.91 Å². The maximum Gasteiger partial charge on any atom is 0.311 e. The highest BCUT2D eigenvalue weighted by molar-refractivity contribution is 6.33. The quantitative estimate of drug-likeness (QED) is 0.504. The predicted octanol–water partition coefficient (Wildman–Crippen LogP) is 4.04. The number of carbonyl (C=O) groups is 3. The standard InChI is InChI=1S/C22H22ClNO5/c1-3-28-20-9-8-15(14(2)25)10-17(20)13-29-22(27)16-11-21(26)24(12-16)19-7-5-4-6-18(19)23/h4-10,16H,3,11-13H2,1-2H3/t16-/m1/s1. The van der Waals surface area contributed by atoms with Crippen LogP contribution in [0, 0.1) is 5.92 Å². The number of anilines is 1. The van der Waals surface area contributed by atoms with Gasteiger partial charge < -0.3 is 14.4 Å². The largest absolute Gasteiger partial charge is 0.493 e. The molecule has 0 saturated carbocycles. The summed E-state index contributed by atoms with van der Waals surface area (Å²) in [6.45, 7) is 3.95. The molecular weight excluding hydrogens is 394 g/mol. The molecule has 0 aromatic heterocycles. The summed E-state index contributed by atoms with van der Waals surface area (Å²) in [6.07, 6.45) is 0.0653. The number of amides is 1. The van der Waals surface area contributed by atoms with Crippen LogP contribution in [0.1, 0.15) is 36.2 Å². The van der Waals surface area contributed by atoms with Crippen molar-refractivity contribution in [2.75, 3.05) is 18.1 Å². The van der Waals surface area contributed by atoms with E-state index in [4.69, 9.17) is 21.1 Å². The molecule has 0 aliphatic carbocycles. The van der Waals surface area contributed by atoms with E-state index in [2.05, 4.69) is 0 Å². The Morgan fingerprint density at radius 3 is 2.66 bits per heavy atom. The second kappa shape index (κ2) is 9.09. The Bertz CT molecular complexity index is 943. The molecule has 29 heavy (non-hydrogen) atoms. The first-order valence-electron chi connectivity index (χ1n) is 9.39. The third kappa shape index (κ3) is 4.77. The van der Waals surface area contributed by atoms with Gasteiger partial charge in [0.25, 0.3) is 0 Å². The van der Waals surface area contributed by atoms with Gasteiger partial charge in [0.05, 0.1) is 23.2 Å². The average molecular weight is 416 g/mol. The molecule has 1 fully saturated rings. The van der Waals surface area contributed by atoms with Crippen molar-refractivity contribution in [3.8, 4) is 5.75 Å². The Labute approximate surface area is 174 Å². The highest BCUT2D eigenvalue weighted by atomic mass is 35.5. The average Bonchev–Trinajstić information content (AvgIpc) is 3.09. The number of benzene rings is 2. The maximum atomic E-state index is 12.6. The fraction of sp³-hybridized carbons (Fsp3) is 0.318. The smallest absolute Gasteiger partial charge is 0.311 e. The third-order valence-electron chi connectivity index (χ3n) is 4.74. The number of hydrogen-bond acceptors (Lipinski definition) is 5. The van der Waals surface area contributed by atoms with E-state index in [1.807, 2.05) is 6.92 Å². The van der Waals surface area contributed by atoms with Crippen LogP contribution in [-0.4, -0.2) is 30.8 Å². The molecule has 0 radical (unpaired) electrons. The molecule has 152 valence electrons. The molecule has 0 bridgehead atoms. The van der Waals surface area contributed by atoms with Crippen LogP contribution in [0.25, 0.3) is 0 Å². The number of ether oxygens (including phenoxy) is 2. The van der Waals surface area contributed by atoms with E-state index in [1.54, 1.807) is 42.5 Å². The van der Waals surface area contributed by atoms with Gasteiger partial charge in [-0.25, -0.2) is 0 Å². The van der Waals surface area contributed by atoms with Crippen LogP contribution in [0.4, 0.5) is 5.69 Å². The van der Waals surface area contributed by atoms with Crippen molar-refractivity contribution in [3.05, 3.63) is 58.6 Å². The van der Waals surface area contributed by atoms with Crippen molar-refractivity contribution >= 4 is 34.9 Å². The van der Waals surface area contributed by atoms with Gasteiger partial charge >= 0.3 is 5.97 Å². The minimum absolute atomic E-state index is 0.0356. The number of Topliss-reactive ketones (excluding diaryl/α,β-unsaturated/α-hetero) is 1. The van der Waals surface area contributed by atoms with Crippen molar-refractivity contribution in [2.45, 2.75) is 26.9 Å². The first-order valence-corrected chi connectivity index (χ1v) is 9.76. The Kier molecular flexibility index (Phi) is 6.54. The van der Waals surface area contributed by atoms with Crippen molar-refractivity contribution in [1.82, 2.24) is 0 Å². The monoisotopic (exact) mass is 415 g/mol. The molecule has 1 atom stereocenters. The molecule has 1 aliphatic rings. The van der Waals surface area contributed by atoms with Gasteiger partial charge in [-0.05, 0) is 44.2 Å². The van der Waals surface area contributed by atoms with E-state index in [0.717, 1.165) is 0 Å². The van der Waals surface area contributed by atoms with E-state index >= 15 is 0 Å². The van der Waals surface area contributed by atoms with Gasteiger partial charge in [0.1, 0.15) is 12.4 Å². The summed E-state index contributed by atoms with van der Waals surface area (Å²) in [5.74, 6) is -0.745. The Morgan fingerprint density at radius 2 is 1.97 bits per heavy atom. The summed E-state index contributed by atoms with van der Waals surface area (Å²) >= 11 is 6.17. The molecule has 2 aromatic carbocycles. The zero-order chi connectivity index (χ0) is 21.0. The highest BCUT2D eigenvalue weighted by Gasteiger charge is 2.37. The number of rotatable bonds is 7. The molecular formula is C22H22ClNO5. The van der Waals surface area contributed by atoms with E-state index < -0.39 is 11.9 Å². The molecule has 1 heterocycles. The van der Waals surface area contributed by atoms with Gasteiger partial charge in [0, 0.05) is 24.1 Å². The fourth-order valence-corrected chi connectivity index (χ4v) is 3.48. The van der Waals surface area contributed by atoms with E-state index in [0.29, 0.717) is 34.2 Å². The topological polar surface area (TPSA) is 72.9 Å². The van der Waals surface area contributed by atoms with Gasteiger partial charge in [0.15, 0.2) is 5.78 Å². The molecule has 6 nitrogen and oxygen atoms in total. The second-order valence-corrected chi connectivity index (χ2v) is 7.18. The second-order valence-electron chi connectivity index (χ2n) is 6.78. The number of ketones is 1. The maximum absolute atomic E-state index is 12.6. The molecule has 1 saturated heterocycles. The minimum atomic E-state index is -0.578. The molecule has 0 N–H and O–H groups in total. The van der Waals surface area contributed by atoms with E-state index in [1.165, 1.54) is 11.8 Å². The van der Waals surface area contributed by atoms with E-state index in [9.17, 15) is 14.4 Å². The molecule has 7 heteroatoms. The molecule has 1 aliphatic heterocycles. The number of para-hydroxylation sites is 1. The van der Waals surface area contributed by atoms with Crippen molar-refractivity contribution in [2.24, 2.45) is 5.92 Å². The Balaban J connectivity index is 1.69. The Morgan fingerprint density at radius 1 is 1.21 bits per heavy atom. The van der Waals surface area contributed by atoms with Crippen LogP contribution in [-0.2, 0) is 20.9 Å². The number of esters is 1. The first-order chi connectivity index (χ1) is 13.9. The highest BCUT2D eigenvalue weighted by Crippen LogP contribution is 2.31. The normalized spacial score (nSPS) is 16.0. The zero-order valence-corrected chi connectivity index (χ0v) is 17.1. The molecule has 0 unspecified atom stereocenters. The molecule has 0 spiro atoms. The van der Waals surface area contributed by atoms with Crippen LogP contribution >= 0.6 is 11.6 Å². The fourth-order valence-electron chi connectivity index (χ4n) is 3.24. The zero-order valence-electron chi connectivity index (χ0n) is 16.3. The van der Waals surface area contributed by atoms with Crippen LogP contribution in [0.2, 0.25) is 5.02 Å². The third-order valence-corrected chi connectivity index (χ3v) is 5.06. The van der Waals surface area contributed by atoms with Gasteiger partial charge in [-0.2, -0.15) is 0 Å². The molecule has 2 aromatic rings. The summed E-state index contributed by atoms with van der Waals surface area (Å²) in [4.78, 5) is 38.1. The van der Waals surface area contributed by atoms with E-state index in [-0.39, 0.29) is 31.3 Å². The number of halogens is 1. The van der Waals surface area contributed by atoms with Crippen molar-refractivity contribution < 1.29 is 23.9 Å². The lowest BCUT2D eigenvalue weighted by molar-refractivity contribution is -0.149. The lowest BCUT2D eigenvalue weighted by Gasteiger charge is -2.18. The minimum Gasteiger partial charge on any atom is -0.493 e. The van der Waals surface area contributed by atoms with Crippen LogP contribution in [0.3, 0.4) is 0 Å².